The maximum absolute atomic E-state index is 12.9. The molecule has 10 heteroatoms. The summed E-state index contributed by atoms with van der Waals surface area (Å²) in [6.45, 7) is 1.30. The van der Waals surface area contributed by atoms with Crippen LogP contribution in [0.15, 0.2) is 41.8 Å². The fourth-order valence-corrected chi connectivity index (χ4v) is 4.19. The van der Waals surface area contributed by atoms with Crippen molar-refractivity contribution in [1.29, 1.82) is 0 Å². The van der Waals surface area contributed by atoms with Gasteiger partial charge in [-0.2, -0.15) is 5.10 Å². The van der Waals surface area contributed by atoms with Crippen molar-refractivity contribution >= 4 is 63.1 Å². The van der Waals surface area contributed by atoms with Crippen molar-refractivity contribution in [2.45, 2.75) is 6.92 Å². The number of aryl methyl sites for hydroxylation is 2. The molecule has 1 amide bonds. The van der Waals surface area contributed by atoms with Gasteiger partial charge in [-0.1, -0.05) is 35.3 Å². The second-order valence-electron chi connectivity index (χ2n) is 6.67. The van der Waals surface area contributed by atoms with Gasteiger partial charge in [-0.25, -0.2) is 9.78 Å². The number of nitrogens with zero attached hydrogens (tertiary/aromatic N) is 3. The molecule has 1 aromatic carbocycles. The van der Waals surface area contributed by atoms with Gasteiger partial charge in [0.05, 0.1) is 42.9 Å². The number of hydrogen-bond donors (Lipinski definition) is 1. The molecule has 0 bridgehead atoms. The molecule has 0 aliphatic heterocycles. The zero-order valence-corrected chi connectivity index (χ0v) is 18.8. The molecule has 0 aliphatic carbocycles. The molecule has 0 spiro atoms. The van der Waals surface area contributed by atoms with Gasteiger partial charge in [0.2, 0.25) is 0 Å². The molecule has 0 saturated heterocycles. The molecule has 0 saturated carbocycles. The van der Waals surface area contributed by atoms with Crippen LogP contribution in [-0.4, -0.2) is 33.2 Å². The van der Waals surface area contributed by atoms with Gasteiger partial charge in [-0.05, 0) is 36.6 Å². The Balaban J connectivity index is 1.58. The highest BCUT2D eigenvalue weighted by molar-refractivity contribution is 7.13. The Morgan fingerprint density at radius 3 is 2.77 bits per heavy atom. The lowest BCUT2D eigenvalue weighted by Crippen LogP contribution is -2.21. The van der Waals surface area contributed by atoms with E-state index in [4.69, 9.17) is 27.9 Å². The molecular weight excluding hydrogens is 459 g/mol. The third kappa shape index (κ3) is 4.27. The number of thiophene rings is 1. The molecule has 158 valence electrons. The zero-order chi connectivity index (χ0) is 22.1. The van der Waals surface area contributed by atoms with Crippen LogP contribution in [0.4, 0.5) is 5.69 Å². The van der Waals surface area contributed by atoms with E-state index in [1.807, 2.05) is 17.5 Å². The number of nitrogens with one attached hydrogen (secondary N) is 1. The van der Waals surface area contributed by atoms with Gasteiger partial charge in [-0.15, -0.1) is 11.3 Å². The fraction of sp³-hybridized carbons (Fsp3) is 0.143. The van der Waals surface area contributed by atoms with E-state index in [0.717, 1.165) is 4.88 Å². The molecule has 0 fully saturated rings. The zero-order valence-electron chi connectivity index (χ0n) is 16.5. The van der Waals surface area contributed by atoms with Gasteiger partial charge in [0.1, 0.15) is 0 Å². The van der Waals surface area contributed by atoms with E-state index in [-0.39, 0.29) is 5.02 Å². The van der Waals surface area contributed by atoms with Crippen LogP contribution in [-0.2, 0) is 16.6 Å². The summed E-state index contributed by atoms with van der Waals surface area (Å²) in [5.41, 5.74) is 2.47. The predicted octanol–water partition coefficient (Wildman–Crippen LogP) is 5.11. The number of hydrogen-bond acceptors (Lipinski definition) is 6. The van der Waals surface area contributed by atoms with Gasteiger partial charge in [0, 0.05) is 7.05 Å². The number of halogens is 2. The summed E-state index contributed by atoms with van der Waals surface area (Å²) in [7, 11) is 1.76. The summed E-state index contributed by atoms with van der Waals surface area (Å²) < 4.78 is 6.91. The quantitative estimate of drug-likeness (QED) is 0.406. The molecular formula is C21H16Cl2N4O3S. The highest BCUT2D eigenvalue weighted by Crippen LogP contribution is 2.31. The second kappa shape index (κ2) is 8.66. The Morgan fingerprint density at radius 1 is 1.23 bits per heavy atom. The van der Waals surface area contributed by atoms with Crippen LogP contribution in [0.3, 0.4) is 0 Å². The number of amides is 1. The average Bonchev–Trinajstić information content (AvgIpc) is 3.38. The summed E-state index contributed by atoms with van der Waals surface area (Å²) in [5, 5.41) is 9.99. The third-order valence-electron chi connectivity index (χ3n) is 4.52. The van der Waals surface area contributed by atoms with Crippen molar-refractivity contribution in [3.05, 3.63) is 63.1 Å². The first kappa shape index (κ1) is 21.3. The number of aromatic nitrogens is 3. The first-order valence-corrected chi connectivity index (χ1v) is 10.8. The monoisotopic (exact) mass is 474 g/mol. The largest absolute Gasteiger partial charge is 0.452 e. The summed E-state index contributed by atoms with van der Waals surface area (Å²) in [6, 6.07) is 10.4. The number of anilines is 1. The Labute approximate surface area is 191 Å². The predicted molar refractivity (Wildman–Crippen MR) is 122 cm³/mol. The topological polar surface area (TPSA) is 86.1 Å². The number of fused-ring (bicyclic) bond motifs is 1. The lowest BCUT2D eigenvalue weighted by Gasteiger charge is -2.10. The summed E-state index contributed by atoms with van der Waals surface area (Å²) in [5.74, 6) is -1.18. The van der Waals surface area contributed by atoms with Crippen LogP contribution >= 0.6 is 34.5 Å². The molecule has 7 nitrogen and oxygen atoms in total. The molecule has 4 aromatic rings. The first-order chi connectivity index (χ1) is 14.8. The van der Waals surface area contributed by atoms with Crippen LogP contribution in [0.1, 0.15) is 16.1 Å². The molecule has 31 heavy (non-hydrogen) atoms. The molecule has 1 N–H and O–H groups in total. The van der Waals surface area contributed by atoms with Gasteiger partial charge in [0.25, 0.3) is 5.91 Å². The summed E-state index contributed by atoms with van der Waals surface area (Å²) >= 11 is 13.5. The van der Waals surface area contributed by atoms with Crippen molar-refractivity contribution in [1.82, 2.24) is 14.8 Å². The molecule has 0 aliphatic rings. The minimum atomic E-state index is -0.645. The van der Waals surface area contributed by atoms with Crippen LogP contribution < -0.4 is 5.32 Å². The average molecular weight is 475 g/mol. The smallest absolute Gasteiger partial charge is 0.339 e. The number of esters is 1. The van der Waals surface area contributed by atoms with E-state index < -0.39 is 18.5 Å². The molecule has 0 atom stereocenters. The van der Waals surface area contributed by atoms with E-state index in [9.17, 15) is 9.59 Å². The van der Waals surface area contributed by atoms with Crippen LogP contribution in [0.25, 0.3) is 21.6 Å². The molecule has 3 aromatic heterocycles. The van der Waals surface area contributed by atoms with Crippen LogP contribution in [0, 0.1) is 6.92 Å². The highest BCUT2D eigenvalue weighted by Gasteiger charge is 2.21. The summed E-state index contributed by atoms with van der Waals surface area (Å²) in [4.78, 5) is 30.7. The number of benzene rings is 1. The van der Waals surface area contributed by atoms with Gasteiger partial charge in [-0.3, -0.25) is 9.48 Å². The van der Waals surface area contributed by atoms with E-state index >= 15 is 0 Å². The standard InChI is InChI=1S/C21H16Cl2N4O3S/c1-11-18-12(9-15(16-7-4-8-31-16)25-20(18)27(2)26-11)21(29)30-10-17(28)24-14-6-3-5-13(22)19(14)23/h3-9H,10H2,1-2H3,(H,24,28). The van der Waals surface area contributed by atoms with E-state index in [1.54, 1.807) is 42.9 Å². The maximum Gasteiger partial charge on any atom is 0.339 e. The SMILES string of the molecule is Cc1nn(C)c2nc(-c3cccs3)cc(C(=O)OCC(=O)Nc3cccc(Cl)c3Cl)c12. The number of carbonyl (C=O) groups is 2. The molecule has 4 rings (SSSR count). The van der Waals surface area contributed by atoms with Crippen LogP contribution in [0.2, 0.25) is 10.0 Å². The Morgan fingerprint density at radius 2 is 2.03 bits per heavy atom. The minimum Gasteiger partial charge on any atom is -0.452 e. The molecule has 0 radical (unpaired) electrons. The highest BCUT2D eigenvalue weighted by atomic mass is 35.5. The van der Waals surface area contributed by atoms with Gasteiger partial charge in [0.15, 0.2) is 12.3 Å². The van der Waals surface area contributed by atoms with Gasteiger partial charge < -0.3 is 10.1 Å². The number of ether oxygens (including phenoxy) is 1. The van der Waals surface area contributed by atoms with Crippen molar-refractivity contribution in [2.75, 3.05) is 11.9 Å². The number of rotatable bonds is 5. The number of pyridine rings is 1. The molecule has 0 unspecified atom stereocenters. The van der Waals surface area contributed by atoms with Crippen molar-refractivity contribution in [2.24, 2.45) is 7.05 Å². The van der Waals surface area contributed by atoms with E-state index in [0.29, 0.717) is 38.7 Å². The Kier molecular flexibility index (Phi) is 5.95. The second-order valence-corrected chi connectivity index (χ2v) is 8.40. The normalized spacial score (nSPS) is 11.0. The van der Waals surface area contributed by atoms with Crippen LogP contribution in [0.5, 0.6) is 0 Å². The fourth-order valence-electron chi connectivity index (χ4n) is 3.15. The van der Waals surface area contributed by atoms with E-state index in [2.05, 4.69) is 15.4 Å². The van der Waals surface area contributed by atoms with Crippen molar-refractivity contribution in [3.8, 4) is 10.6 Å². The maximum atomic E-state index is 12.9. The Hall–Kier alpha value is -2.94. The Bertz CT molecular complexity index is 1300. The number of carbonyl (C=O) groups excluding carboxylic acids is 2. The minimum absolute atomic E-state index is 0.214. The lowest BCUT2D eigenvalue weighted by molar-refractivity contribution is -0.119. The first-order valence-electron chi connectivity index (χ1n) is 9.14. The third-order valence-corrected chi connectivity index (χ3v) is 6.23. The van der Waals surface area contributed by atoms with E-state index in [1.165, 1.54) is 11.3 Å². The van der Waals surface area contributed by atoms with Gasteiger partial charge >= 0.3 is 5.97 Å². The lowest BCUT2D eigenvalue weighted by atomic mass is 10.1. The molecule has 3 heterocycles. The summed E-state index contributed by atoms with van der Waals surface area (Å²) in [6.07, 6.45) is 0. The van der Waals surface area contributed by atoms with Crippen molar-refractivity contribution < 1.29 is 14.3 Å². The van der Waals surface area contributed by atoms with Crippen molar-refractivity contribution in [3.63, 3.8) is 0 Å².